The van der Waals surface area contributed by atoms with Gasteiger partial charge in [-0.25, -0.2) is 4.99 Å². The maximum Gasteiger partial charge on any atom is 0.205 e. The molecule has 0 saturated heterocycles. The lowest BCUT2D eigenvalue weighted by atomic mass is 9.95. The van der Waals surface area contributed by atoms with Crippen LogP contribution in [0.1, 0.15) is 18.9 Å². The van der Waals surface area contributed by atoms with Crippen molar-refractivity contribution in [3.05, 3.63) is 108 Å². The van der Waals surface area contributed by atoms with Crippen LogP contribution < -0.4 is 5.32 Å². The quantitative estimate of drug-likeness (QED) is 0.369. The molecule has 1 atom stereocenters. The van der Waals surface area contributed by atoms with Crippen LogP contribution in [0, 0.1) is 0 Å². The number of hydrogen-bond acceptors (Lipinski definition) is 7. The summed E-state index contributed by atoms with van der Waals surface area (Å²) >= 11 is 0. The third-order valence-corrected chi connectivity index (χ3v) is 6.76. The minimum atomic E-state index is 0.174. The van der Waals surface area contributed by atoms with Crippen molar-refractivity contribution in [3.63, 3.8) is 0 Å². The molecule has 0 saturated carbocycles. The standard InChI is InChI=1S/C29H28N8/c1-3-26-27(37-28(31-26)18-23(19-36(37)2)30-22-9-5-4-6-10-22)17-20-13-15-21(16-14-20)24-11-7-8-12-25(24)29-32-34-35-33-29/h4-16,18-19,27,30H,3,17H2,1-2H3,(H,32,33,34,35). The summed E-state index contributed by atoms with van der Waals surface area (Å²) in [7, 11) is 2.08. The van der Waals surface area contributed by atoms with Gasteiger partial charge in [0.15, 0.2) is 0 Å². The highest BCUT2D eigenvalue weighted by atomic mass is 15.7. The summed E-state index contributed by atoms with van der Waals surface area (Å²) in [4.78, 5) is 5.01. The highest BCUT2D eigenvalue weighted by Gasteiger charge is 2.35. The summed E-state index contributed by atoms with van der Waals surface area (Å²) < 4.78 is 0. The number of anilines is 1. The Morgan fingerprint density at radius 3 is 2.41 bits per heavy atom. The Bertz CT molecular complexity index is 1470. The predicted octanol–water partition coefficient (Wildman–Crippen LogP) is 5.27. The minimum Gasteiger partial charge on any atom is -0.354 e. The van der Waals surface area contributed by atoms with Gasteiger partial charge in [0.1, 0.15) is 5.82 Å². The smallest absolute Gasteiger partial charge is 0.205 e. The maximum atomic E-state index is 5.01. The average molecular weight is 489 g/mol. The van der Waals surface area contributed by atoms with E-state index in [1.54, 1.807) is 0 Å². The second kappa shape index (κ2) is 9.73. The van der Waals surface area contributed by atoms with Crippen molar-refractivity contribution < 1.29 is 0 Å². The van der Waals surface area contributed by atoms with Crippen molar-refractivity contribution >= 4 is 11.4 Å². The zero-order valence-corrected chi connectivity index (χ0v) is 20.8. The van der Waals surface area contributed by atoms with Gasteiger partial charge in [-0.1, -0.05) is 73.7 Å². The lowest BCUT2D eigenvalue weighted by molar-refractivity contribution is 0.0709. The normalized spacial score (nSPS) is 16.7. The van der Waals surface area contributed by atoms with Crippen LogP contribution in [0.3, 0.4) is 0 Å². The third-order valence-electron chi connectivity index (χ3n) is 6.76. The van der Waals surface area contributed by atoms with E-state index in [9.17, 15) is 0 Å². The number of aromatic nitrogens is 4. The Kier molecular flexibility index (Phi) is 5.98. The van der Waals surface area contributed by atoms with Crippen LogP contribution in [0.25, 0.3) is 22.5 Å². The predicted molar refractivity (Wildman–Crippen MR) is 146 cm³/mol. The van der Waals surface area contributed by atoms with Crippen molar-refractivity contribution in [2.75, 3.05) is 12.4 Å². The van der Waals surface area contributed by atoms with Crippen LogP contribution in [-0.4, -0.2) is 49.4 Å². The molecule has 0 fully saturated rings. The molecule has 0 radical (unpaired) electrons. The molecule has 3 aromatic carbocycles. The van der Waals surface area contributed by atoms with Gasteiger partial charge in [0.2, 0.25) is 5.82 Å². The van der Waals surface area contributed by atoms with Gasteiger partial charge in [0.25, 0.3) is 0 Å². The number of rotatable bonds is 7. The zero-order chi connectivity index (χ0) is 25.2. The van der Waals surface area contributed by atoms with Gasteiger partial charge in [-0.05, 0) is 40.5 Å². The third kappa shape index (κ3) is 4.49. The monoisotopic (exact) mass is 488 g/mol. The highest BCUT2D eigenvalue weighted by Crippen LogP contribution is 2.33. The number of hydrazine groups is 1. The van der Waals surface area contributed by atoms with Crippen molar-refractivity contribution in [3.8, 4) is 22.5 Å². The van der Waals surface area contributed by atoms with Gasteiger partial charge in [0.05, 0.1) is 11.7 Å². The van der Waals surface area contributed by atoms with Gasteiger partial charge >= 0.3 is 0 Å². The van der Waals surface area contributed by atoms with E-state index < -0.39 is 0 Å². The first-order chi connectivity index (χ1) is 18.2. The Morgan fingerprint density at radius 1 is 0.919 bits per heavy atom. The molecule has 184 valence electrons. The number of hydrogen-bond donors (Lipinski definition) is 2. The Labute approximate surface area is 216 Å². The Hall–Kier alpha value is -4.72. The fourth-order valence-corrected chi connectivity index (χ4v) is 5.02. The second-order valence-corrected chi connectivity index (χ2v) is 9.15. The molecule has 4 aromatic rings. The lowest BCUT2D eigenvalue weighted by Crippen LogP contribution is -2.45. The van der Waals surface area contributed by atoms with Crippen LogP contribution in [0.15, 0.2) is 108 Å². The molecule has 0 bridgehead atoms. The van der Waals surface area contributed by atoms with E-state index >= 15 is 0 Å². The molecule has 2 N–H and O–H groups in total. The summed E-state index contributed by atoms with van der Waals surface area (Å²) in [6.07, 6.45) is 6.02. The first-order valence-electron chi connectivity index (χ1n) is 12.5. The first-order valence-corrected chi connectivity index (χ1v) is 12.5. The largest absolute Gasteiger partial charge is 0.354 e. The van der Waals surface area contributed by atoms with E-state index in [1.165, 1.54) is 11.3 Å². The molecule has 3 heterocycles. The van der Waals surface area contributed by atoms with Crippen LogP contribution in [0.4, 0.5) is 5.69 Å². The molecule has 1 aromatic heterocycles. The zero-order valence-electron chi connectivity index (χ0n) is 20.8. The molecule has 2 aliphatic heterocycles. The van der Waals surface area contributed by atoms with E-state index in [2.05, 4.69) is 105 Å². The number of para-hydroxylation sites is 1. The average Bonchev–Trinajstić information content (AvgIpc) is 3.58. The SMILES string of the molecule is CCC1=NC2=CC(Nc3ccccc3)=CN(C)N2C1Cc1ccc(-c2ccccc2-c2nn[nH]n2)cc1. The Balaban J connectivity index is 1.22. The number of nitrogens with one attached hydrogen (secondary N) is 2. The molecule has 0 aliphatic carbocycles. The Morgan fingerprint density at radius 2 is 1.68 bits per heavy atom. The molecule has 6 rings (SSSR count). The molecular formula is C29H28N8. The number of aromatic amines is 1. The van der Waals surface area contributed by atoms with Crippen LogP contribution >= 0.6 is 0 Å². The van der Waals surface area contributed by atoms with Crippen molar-refractivity contribution in [1.29, 1.82) is 0 Å². The minimum absolute atomic E-state index is 0.174. The molecule has 2 aliphatic rings. The lowest BCUT2D eigenvalue weighted by Gasteiger charge is -2.37. The molecule has 37 heavy (non-hydrogen) atoms. The van der Waals surface area contributed by atoms with Crippen LogP contribution in [-0.2, 0) is 6.42 Å². The number of H-pyrrole nitrogens is 1. The fourth-order valence-electron chi connectivity index (χ4n) is 5.02. The van der Waals surface area contributed by atoms with Gasteiger partial charge in [0, 0.05) is 42.7 Å². The number of allylic oxidation sites excluding steroid dienone is 1. The topological polar surface area (TPSA) is 85.3 Å². The van der Waals surface area contributed by atoms with E-state index in [1.807, 2.05) is 36.4 Å². The van der Waals surface area contributed by atoms with E-state index in [-0.39, 0.29) is 6.04 Å². The van der Waals surface area contributed by atoms with Gasteiger partial charge in [-0.2, -0.15) is 5.21 Å². The van der Waals surface area contributed by atoms with Gasteiger partial charge in [-0.3, -0.25) is 10.0 Å². The van der Waals surface area contributed by atoms with E-state index in [0.717, 1.165) is 46.7 Å². The molecule has 8 heteroatoms. The number of aliphatic imine (C=N–C) groups is 1. The van der Waals surface area contributed by atoms with Crippen molar-refractivity contribution in [2.45, 2.75) is 25.8 Å². The fraction of sp³-hybridized carbons (Fsp3) is 0.172. The number of benzene rings is 3. The van der Waals surface area contributed by atoms with Gasteiger partial charge < -0.3 is 5.32 Å². The van der Waals surface area contributed by atoms with E-state index in [0.29, 0.717) is 5.82 Å². The molecular weight excluding hydrogens is 460 g/mol. The number of nitrogens with zero attached hydrogens (tertiary/aromatic N) is 6. The van der Waals surface area contributed by atoms with Crippen molar-refractivity contribution in [1.82, 2.24) is 30.6 Å². The van der Waals surface area contributed by atoms with E-state index in [4.69, 9.17) is 4.99 Å². The maximum absolute atomic E-state index is 5.01. The second-order valence-electron chi connectivity index (χ2n) is 9.15. The molecule has 0 spiro atoms. The highest BCUT2D eigenvalue weighted by molar-refractivity contribution is 5.92. The summed E-state index contributed by atoms with van der Waals surface area (Å²) in [6.45, 7) is 2.18. The van der Waals surface area contributed by atoms with Crippen LogP contribution in [0.5, 0.6) is 0 Å². The summed E-state index contributed by atoms with van der Waals surface area (Å²) in [6, 6.07) is 27.3. The molecule has 8 nitrogen and oxygen atoms in total. The number of fused-ring (bicyclic) bond motifs is 1. The summed E-state index contributed by atoms with van der Waals surface area (Å²) in [5, 5.41) is 22.5. The number of tetrazole rings is 1. The molecule has 1 unspecified atom stereocenters. The first kappa shape index (κ1) is 22.7. The summed E-state index contributed by atoms with van der Waals surface area (Å²) in [5.41, 5.74) is 7.69. The molecule has 0 amide bonds. The van der Waals surface area contributed by atoms with Crippen LogP contribution in [0.2, 0.25) is 0 Å². The van der Waals surface area contributed by atoms with Crippen molar-refractivity contribution in [2.24, 2.45) is 4.99 Å². The summed E-state index contributed by atoms with van der Waals surface area (Å²) in [5.74, 6) is 1.56. The van der Waals surface area contributed by atoms with Gasteiger partial charge in [-0.15, -0.1) is 10.2 Å².